The van der Waals surface area contributed by atoms with E-state index in [0.717, 1.165) is 69.2 Å². The molecule has 2 aliphatic heterocycles. The van der Waals surface area contributed by atoms with Crippen LogP contribution in [0.3, 0.4) is 0 Å². The van der Waals surface area contributed by atoms with Gasteiger partial charge in [-0.1, -0.05) is 11.6 Å². The maximum Gasteiger partial charge on any atom is 0.272 e. The highest BCUT2D eigenvalue weighted by Gasteiger charge is 2.42. The largest absolute Gasteiger partial charge is 0.375 e. The lowest BCUT2D eigenvalue weighted by Gasteiger charge is -2.46. The second-order valence-electron chi connectivity index (χ2n) is 9.36. The van der Waals surface area contributed by atoms with E-state index >= 15 is 0 Å². The Morgan fingerprint density at radius 2 is 2.07 bits per heavy atom. The molecule has 8 heteroatoms. The smallest absolute Gasteiger partial charge is 0.272 e. The lowest BCUT2D eigenvalue weighted by atomic mass is 9.78. The van der Waals surface area contributed by atoms with Crippen LogP contribution >= 0.6 is 0 Å². The zero-order valence-corrected chi connectivity index (χ0v) is 18.0. The lowest BCUT2D eigenvalue weighted by molar-refractivity contribution is -0.123. The summed E-state index contributed by atoms with van der Waals surface area (Å²) in [6.07, 6.45) is 8.28. The summed E-state index contributed by atoms with van der Waals surface area (Å²) < 4.78 is 13.5. The highest BCUT2D eigenvalue weighted by molar-refractivity contribution is 5.92. The molecule has 3 fully saturated rings. The van der Waals surface area contributed by atoms with Crippen LogP contribution in [0.1, 0.15) is 78.8 Å². The summed E-state index contributed by atoms with van der Waals surface area (Å²) in [4.78, 5) is 19.5. The van der Waals surface area contributed by atoms with Gasteiger partial charge in [-0.3, -0.25) is 9.48 Å². The van der Waals surface area contributed by atoms with E-state index in [0.29, 0.717) is 17.5 Å². The standard InChI is InChI=1S/C22H31N5O3/c1-15-12-18(26(2)24-15)21(28)27-9-7-22(8-10-27)14-16(6-11-29-22)13-19-23-20(30-25-19)17-4-3-5-17/h12,16-17H,3-11,13-14H2,1-2H3. The van der Waals surface area contributed by atoms with Gasteiger partial charge >= 0.3 is 0 Å². The van der Waals surface area contributed by atoms with E-state index < -0.39 is 0 Å². The molecule has 0 bridgehead atoms. The number of likely N-dealkylation sites (tertiary alicyclic amines) is 1. The molecule has 162 valence electrons. The Kier molecular flexibility index (Phi) is 5.13. The van der Waals surface area contributed by atoms with Crippen molar-refractivity contribution >= 4 is 5.91 Å². The van der Waals surface area contributed by atoms with Crippen molar-refractivity contribution in [2.75, 3.05) is 19.7 Å². The molecule has 2 saturated heterocycles. The number of ether oxygens (including phenoxy) is 1. The molecule has 1 atom stereocenters. The third-order valence-corrected chi connectivity index (χ3v) is 7.19. The number of hydrogen-bond acceptors (Lipinski definition) is 6. The molecule has 8 nitrogen and oxygen atoms in total. The van der Waals surface area contributed by atoms with Crippen molar-refractivity contribution in [2.45, 2.75) is 69.8 Å². The van der Waals surface area contributed by atoms with Crippen LogP contribution in [-0.2, 0) is 18.2 Å². The second-order valence-corrected chi connectivity index (χ2v) is 9.36. The van der Waals surface area contributed by atoms with E-state index in [1.165, 1.54) is 19.3 Å². The quantitative estimate of drug-likeness (QED) is 0.766. The topological polar surface area (TPSA) is 86.3 Å². The van der Waals surface area contributed by atoms with Crippen LogP contribution < -0.4 is 0 Å². The lowest BCUT2D eigenvalue weighted by Crippen LogP contribution is -2.51. The number of aromatic nitrogens is 4. The Hall–Kier alpha value is -2.22. The van der Waals surface area contributed by atoms with Crippen molar-refractivity contribution in [3.63, 3.8) is 0 Å². The highest BCUT2D eigenvalue weighted by Crippen LogP contribution is 2.39. The van der Waals surface area contributed by atoms with Crippen molar-refractivity contribution in [2.24, 2.45) is 13.0 Å². The van der Waals surface area contributed by atoms with Gasteiger partial charge in [0.1, 0.15) is 5.69 Å². The number of carbonyl (C=O) groups is 1. The van der Waals surface area contributed by atoms with Gasteiger partial charge in [0, 0.05) is 39.1 Å². The molecule has 1 saturated carbocycles. The number of aryl methyl sites for hydroxylation is 2. The van der Waals surface area contributed by atoms with Crippen molar-refractivity contribution in [1.82, 2.24) is 24.8 Å². The Labute approximate surface area is 177 Å². The van der Waals surface area contributed by atoms with Crippen LogP contribution in [0.5, 0.6) is 0 Å². The summed E-state index contributed by atoms with van der Waals surface area (Å²) in [5.41, 5.74) is 1.41. The molecule has 2 aromatic rings. The van der Waals surface area contributed by atoms with E-state index in [4.69, 9.17) is 9.26 Å². The molecule has 1 spiro atoms. The maximum absolute atomic E-state index is 12.9. The van der Waals surface area contributed by atoms with Crippen molar-refractivity contribution in [3.8, 4) is 0 Å². The third kappa shape index (κ3) is 3.77. The molecule has 30 heavy (non-hydrogen) atoms. The first-order valence-corrected chi connectivity index (χ1v) is 11.3. The van der Waals surface area contributed by atoms with Gasteiger partial charge in [0.15, 0.2) is 5.82 Å². The first-order valence-electron chi connectivity index (χ1n) is 11.3. The normalized spacial score (nSPS) is 24.2. The number of piperidine rings is 1. The average molecular weight is 414 g/mol. The number of nitrogens with zero attached hydrogens (tertiary/aromatic N) is 5. The van der Waals surface area contributed by atoms with Gasteiger partial charge in [-0.25, -0.2) is 0 Å². The maximum atomic E-state index is 12.9. The van der Waals surface area contributed by atoms with Gasteiger partial charge in [0.2, 0.25) is 5.89 Å². The van der Waals surface area contributed by atoms with Gasteiger partial charge in [-0.05, 0) is 57.4 Å². The van der Waals surface area contributed by atoms with E-state index in [-0.39, 0.29) is 11.5 Å². The molecule has 4 heterocycles. The number of hydrogen-bond donors (Lipinski definition) is 0. The second kappa shape index (κ2) is 7.80. The summed E-state index contributed by atoms with van der Waals surface area (Å²) in [5.74, 6) is 2.73. The minimum atomic E-state index is -0.122. The zero-order valence-electron chi connectivity index (χ0n) is 18.0. The van der Waals surface area contributed by atoms with Crippen LogP contribution in [0.4, 0.5) is 0 Å². The summed E-state index contributed by atoms with van der Waals surface area (Å²) in [6, 6.07) is 1.86. The molecule has 1 aliphatic carbocycles. The Morgan fingerprint density at radius 3 is 2.73 bits per heavy atom. The van der Waals surface area contributed by atoms with Crippen molar-refractivity contribution in [1.29, 1.82) is 0 Å². The first kappa shape index (κ1) is 19.7. The summed E-state index contributed by atoms with van der Waals surface area (Å²) >= 11 is 0. The molecule has 0 radical (unpaired) electrons. The molecular formula is C22H31N5O3. The fourth-order valence-corrected chi connectivity index (χ4v) is 5.17. The number of carbonyl (C=O) groups excluding carboxylic acids is 1. The highest BCUT2D eigenvalue weighted by atomic mass is 16.5. The van der Waals surface area contributed by atoms with Gasteiger partial charge in [-0.15, -0.1) is 0 Å². The summed E-state index contributed by atoms with van der Waals surface area (Å²) in [5, 5.41) is 8.54. The van der Waals surface area contributed by atoms with Gasteiger partial charge in [0.05, 0.1) is 11.3 Å². The van der Waals surface area contributed by atoms with Crippen molar-refractivity contribution < 1.29 is 14.1 Å². The molecule has 0 aromatic carbocycles. The van der Waals surface area contributed by atoms with Crippen LogP contribution in [-0.4, -0.2) is 56.0 Å². The fourth-order valence-electron chi connectivity index (χ4n) is 5.17. The average Bonchev–Trinajstić information content (AvgIpc) is 3.26. The van der Waals surface area contributed by atoms with E-state index in [9.17, 15) is 4.79 Å². The monoisotopic (exact) mass is 413 g/mol. The van der Waals surface area contributed by atoms with Crippen LogP contribution in [0.25, 0.3) is 0 Å². The molecule has 3 aliphatic rings. The Morgan fingerprint density at radius 1 is 1.27 bits per heavy atom. The molecule has 2 aromatic heterocycles. The number of amides is 1. The molecule has 1 unspecified atom stereocenters. The van der Waals surface area contributed by atoms with Crippen LogP contribution in [0, 0.1) is 12.8 Å². The summed E-state index contributed by atoms with van der Waals surface area (Å²) in [7, 11) is 1.83. The predicted molar refractivity (Wildman–Crippen MR) is 109 cm³/mol. The van der Waals surface area contributed by atoms with E-state index in [2.05, 4.69) is 15.2 Å². The Bertz CT molecular complexity index is 908. The van der Waals surface area contributed by atoms with Crippen LogP contribution in [0.15, 0.2) is 10.6 Å². The Balaban J connectivity index is 1.18. The van der Waals surface area contributed by atoms with E-state index in [1.807, 2.05) is 24.9 Å². The third-order valence-electron chi connectivity index (χ3n) is 7.19. The predicted octanol–water partition coefficient (Wildman–Crippen LogP) is 3.02. The molecular weight excluding hydrogens is 382 g/mol. The van der Waals surface area contributed by atoms with E-state index in [1.54, 1.807) is 4.68 Å². The van der Waals surface area contributed by atoms with Crippen LogP contribution in [0.2, 0.25) is 0 Å². The van der Waals surface area contributed by atoms with Gasteiger partial charge in [0.25, 0.3) is 5.91 Å². The first-order chi connectivity index (χ1) is 14.5. The SMILES string of the molecule is Cc1cc(C(=O)N2CCC3(CC2)CC(Cc2noc(C4CCC4)n2)CCO3)n(C)n1. The zero-order chi connectivity index (χ0) is 20.7. The van der Waals surface area contributed by atoms with Crippen molar-refractivity contribution in [3.05, 3.63) is 29.2 Å². The minimum Gasteiger partial charge on any atom is -0.375 e. The summed E-state index contributed by atoms with van der Waals surface area (Å²) in [6.45, 7) is 4.14. The van der Waals surface area contributed by atoms with Gasteiger partial charge in [-0.2, -0.15) is 10.1 Å². The molecule has 0 N–H and O–H groups in total. The molecule has 1 amide bonds. The minimum absolute atomic E-state index is 0.0654. The molecule has 5 rings (SSSR count). The fraction of sp³-hybridized carbons (Fsp3) is 0.727. The number of rotatable bonds is 4. The van der Waals surface area contributed by atoms with Gasteiger partial charge < -0.3 is 14.2 Å².